The van der Waals surface area contributed by atoms with Crippen molar-refractivity contribution in [3.63, 3.8) is 0 Å². The van der Waals surface area contributed by atoms with E-state index in [0.29, 0.717) is 0 Å². The Balaban J connectivity index is 2.21. The molecule has 0 saturated heterocycles. The topological polar surface area (TPSA) is 36.9 Å². The smallest absolute Gasteiger partial charge is 0.170 e. The third kappa shape index (κ3) is 9.72. The summed E-state index contributed by atoms with van der Waals surface area (Å²) in [4.78, 5) is 3.47. The van der Waals surface area contributed by atoms with Crippen molar-refractivity contribution in [2.75, 3.05) is 0 Å². The van der Waals surface area contributed by atoms with Crippen LogP contribution in [0.25, 0.3) is 0 Å². The molecule has 0 aliphatic rings. The van der Waals surface area contributed by atoms with E-state index in [0.717, 1.165) is 32.8 Å². The van der Waals surface area contributed by atoms with E-state index in [4.69, 9.17) is 18.9 Å². The normalized spacial score (nSPS) is 12.8. The molecule has 0 N–H and O–H groups in total. The van der Waals surface area contributed by atoms with Gasteiger partial charge in [0.1, 0.15) is 22.4 Å². The molecule has 3 aromatic rings. The minimum atomic E-state index is -0.426. The highest BCUT2D eigenvalue weighted by molar-refractivity contribution is 7.97. The predicted octanol–water partition coefficient (Wildman–Crippen LogP) is 9.49. The first-order valence-electron chi connectivity index (χ1n) is 13.6. The van der Waals surface area contributed by atoms with Crippen molar-refractivity contribution in [1.29, 1.82) is 0 Å². The number of rotatable bonds is 7. The molecule has 5 heteroatoms. The van der Waals surface area contributed by atoms with E-state index in [-0.39, 0.29) is 22.4 Å². The Morgan fingerprint density at radius 2 is 0.718 bits per heavy atom. The summed E-state index contributed by atoms with van der Waals surface area (Å²) >= 11 is 0. The Kier molecular flexibility index (Phi) is 8.96. The van der Waals surface area contributed by atoms with Crippen molar-refractivity contribution in [3.8, 4) is 23.0 Å². The van der Waals surface area contributed by atoms with Crippen molar-refractivity contribution in [1.82, 2.24) is 0 Å². The first-order chi connectivity index (χ1) is 17.8. The molecule has 3 rings (SSSR count). The molecule has 39 heavy (non-hydrogen) atoms. The zero-order valence-corrected chi connectivity index (χ0v) is 26.7. The van der Waals surface area contributed by atoms with E-state index < -0.39 is 10.9 Å². The van der Waals surface area contributed by atoms with Crippen LogP contribution in [-0.4, -0.2) is 22.4 Å². The van der Waals surface area contributed by atoms with E-state index in [1.807, 2.05) is 59.7 Å². The third-order valence-electron chi connectivity index (χ3n) is 4.95. The lowest BCUT2D eigenvalue weighted by Gasteiger charge is -2.28. The fourth-order valence-corrected chi connectivity index (χ4v) is 5.95. The first-order valence-corrected chi connectivity index (χ1v) is 14.9. The van der Waals surface area contributed by atoms with E-state index >= 15 is 0 Å². The molecule has 0 spiro atoms. The number of ether oxygens (including phenoxy) is 4. The summed E-state index contributed by atoms with van der Waals surface area (Å²) in [6, 6.07) is 23.2. The van der Waals surface area contributed by atoms with Gasteiger partial charge in [-0.05, 0) is 119 Å². The molecule has 0 aliphatic carbocycles. The highest BCUT2D eigenvalue weighted by atomic mass is 32.2. The summed E-state index contributed by atoms with van der Waals surface area (Å²) in [5, 5.41) is 0. The molecule has 3 aromatic carbocycles. The van der Waals surface area contributed by atoms with Crippen LogP contribution < -0.4 is 18.9 Å². The molecule has 0 aromatic heterocycles. The molecule has 0 saturated carbocycles. The minimum absolute atomic E-state index is 0.347. The lowest BCUT2D eigenvalue weighted by Crippen LogP contribution is -2.27. The molecule has 0 bridgehead atoms. The molecule has 0 fully saturated rings. The van der Waals surface area contributed by atoms with Gasteiger partial charge in [-0.1, -0.05) is 18.2 Å². The molecule has 212 valence electrons. The van der Waals surface area contributed by atoms with Crippen LogP contribution in [0.5, 0.6) is 23.0 Å². The van der Waals surface area contributed by atoms with Gasteiger partial charge in [0, 0.05) is 12.1 Å². The Hall–Kier alpha value is -2.79. The van der Waals surface area contributed by atoms with Crippen LogP contribution >= 0.6 is 0 Å². The maximum atomic E-state index is 6.44. The van der Waals surface area contributed by atoms with Crippen molar-refractivity contribution in [2.45, 2.75) is 120 Å². The van der Waals surface area contributed by atoms with Crippen molar-refractivity contribution < 1.29 is 18.9 Å². The van der Waals surface area contributed by atoms with Gasteiger partial charge in [0.2, 0.25) is 0 Å². The maximum Gasteiger partial charge on any atom is 0.170 e. The van der Waals surface area contributed by atoms with E-state index in [1.54, 1.807) is 0 Å². The van der Waals surface area contributed by atoms with E-state index in [9.17, 15) is 0 Å². The third-order valence-corrected chi connectivity index (χ3v) is 7.14. The molecular weight excluding hydrogens is 504 g/mol. The molecular formula is C34H47O4S+. The zero-order valence-electron chi connectivity index (χ0n) is 25.9. The fraction of sp³-hybridized carbons (Fsp3) is 0.471. The first kappa shape index (κ1) is 30.7. The van der Waals surface area contributed by atoms with Gasteiger partial charge >= 0.3 is 0 Å². The largest absolute Gasteiger partial charge is 0.484 e. The van der Waals surface area contributed by atoms with Gasteiger partial charge < -0.3 is 18.9 Å². The second kappa shape index (κ2) is 11.4. The van der Waals surface area contributed by atoms with Gasteiger partial charge in [-0.3, -0.25) is 0 Å². The standard InChI is InChI=1S/C34H47O4S/c1-31(2,3)35-27-20-18-25(22-29(27)37-33(7,8)9)39(24-16-14-13-15-17-24)26-19-21-28(36-32(4,5)6)30(23-26)38-34(10,11)12/h13-23H,1-12H3/q+1. The quantitative estimate of drug-likeness (QED) is 0.274. The molecule has 0 unspecified atom stereocenters. The van der Waals surface area contributed by atoms with Crippen LogP contribution in [-0.2, 0) is 10.9 Å². The van der Waals surface area contributed by atoms with Crippen LogP contribution in [0.2, 0.25) is 0 Å². The van der Waals surface area contributed by atoms with Crippen LogP contribution in [0.1, 0.15) is 83.1 Å². The zero-order chi connectivity index (χ0) is 29.2. The summed E-state index contributed by atoms with van der Waals surface area (Å²) in [7, 11) is -0.426. The molecule has 0 aliphatic heterocycles. The second-order valence-corrected chi connectivity index (χ2v) is 15.7. The van der Waals surface area contributed by atoms with Crippen LogP contribution in [0, 0.1) is 0 Å². The molecule has 0 amide bonds. The van der Waals surface area contributed by atoms with E-state index in [2.05, 4.69) is 90.1 Å². The van der Waals surface area contributed by atoms with Crippen LogP contribution in [0.4, 0.5) is 0 Å². The average molecular weight is 552 g/mol. The van der Waals surface area contributed by atoms with Crippen molar-refractivity contribution >= 4 is 10.9 Å². The highest BCUT2D eigenvalue weighted by Gasteiger charge is 2.33. The Morgan fingerprint density at radius 3 is 1.05 bits per heavy atom. The van der Waals surface area contributed by atoms with Crippen LogP contribution in [0.3, 0.4) is 0 Å². The predicted molar refractivity (Wildman–Crippen MR) is 163 cm³/mol. The van der Waals surface area contributed by atoms with Crippen molar-refractivity contribution in [2.24, 2.45) is 0 Å². The fourth-order valence-electron chi connectivity index (χ4n) is 3.84. The SMILES string of the molecule is CC(C)(C)Oc1ccc([S+](c2ccccc2)c2ccc(OC(C)(C)C)c(OC(C)(C)C)c2)cc1OC(C)(C)C. The Labute approximate surface area is 239 Å². The van der Waals surface area contributed by atoms with Gasteiger partial charge in [0.25, 0.3) is 0 Å². The van der Waals surface area contributed by atoms with Gasteiger partial charge in [-0.25, -0.2) is 0 Å². The lowest BCUT2D eigenvalue weighted by molar-refractivity contribution is 0.0953. The summed E-state index contributed by atoms with van der Waals surface area (Å²) in [5.41, 5.74) is -1.44. The summed E-state index contributed by atoms with van der Waals surface area (Å²) in [5.74, 6) is 2.95. The van der Waals surface area contributed by atoms with E-state index in [1.165, 1.54) is 4.90 Å². The number of hydrogen-bond donors (Lipinski definition) is 0. The summed E-state index contributed by atoms with van der Waals surface area (Å²) < 4.78 is 25.5. The Bertz CT molecular complexity index is 1160. The Morgan fingerprint density at radius 1 is 0.385 bits per heavy atom. The summed E-state index contributed by atoms with van der Waals surface area (Å²) in [6.07, 6.45) is 0. The number of hydrogen-bond acceptors (Lipinski definition) is 4. The summed E-state index contributed by atoms with van der Waals surface area (Å²) in [6.45, 7) is 24.6. The lowest BCUT2D eigenvalue weighted by atomic mass is 10.1. The van der Waals surface area contributed by atoms with Crippen molar-refractivity contribution in [3.05, 3.63) is 66.7 Å². The van der Waals surface area contributed by atoms with Gasteiger partial charge in [-0.15, -0.1) is 0 Å². The van der Waals surface area contributed by atoms with Gasteiger partial charge in [0.05, 0.1) is 10.9 Å². The molecule has 0 atom stereocenters. The molecule has 4 nitrogen and oxygen atoms in total. The molecule has 0 radical (unpaired) electrons. The minimum Gasteiger partial charge on any atom is -0.484 e. The van der Waals surface area contributed by atoms with Crippen LogP contribution in [0.15, 0.2) is 81.4 Å². The maximum absolute atomic E-state index is 6.44. The second-order valence-electron chi connectivity index (χ2n) is 13.7. The molecule has 0 heterocycles. The average Bonchev–Trinajstić information content (AvgIpc) is 2.74. The highest BCUT2D eigenvalue weighted by Crippen LogP contribution is 2.42. The van der Waals surface area contributed by atoms with Gasteiger partial charge in [-0.2, -0.15) is 0 Å². The monoisotopic (exact) mass is 551 g/mol. The van der Waals surface area contributed by atoms with Gasteiger partial charge in [0.15, 0.2) is 37.7 Å². The number of benzene rings is 3.